The number of carbonyl (C=O) groups is 1. The molecule has 0 radical (unpaired) electrons. The molecular weight excluding hydrogens is 226 g/mol. The van der Waals surface area contributed by atoms with Crippen molar-refractivity contribution in [2.24, 2.45) is 5.73 Å². The van der Waals surface area contributed by atoms with E-state index in [4.69, 9.17) is 10.5 Å². The molecule has 1 aliphatic heterocycles. The lowest BCUT2D eigenvalue weighted by Crippen LogP contribution is -2.12. The van der Waals surface area contributed by atoms with Crippen LogP contribution in [0.15, 0.2) is 24.3 Å². The molecule has 1 aliphatic rings. The maximum absolute atomic E-state index is 12.2. The van der Waals surface area contributed by atoms with E-state index in [1.165, 1.54) is 0 Å². The van der Waals surface area contributed by atoms with Crippen LogP contribution in [-0.4, -0.2) is 25.0 Å². The van der Waals surface area contributed by atoms with Crippen molar-refractivity contribution in [3.05, 3.63) is 35.4 Å². The smallest absolute Gasteiger partial charge is 0.163 e. The summed E-state index contributed by atoms with van der Waals surface area (Å²) in [5.74, 6) is 0.217. The van der Waals surface area contributed by atoms with E-state index in [0.717, 1.165) is 43.4 Å². The Balaban J connectivity index is 1.94. The van der Waals surface area contributed by atoms with Crippen molar-refractivity contribution >= 4 is 5.78 Å². The number of hydrogen-bond acceptors (Lipinski definition) is 3. The molecule has 1 fully saturated rings. The average Bonchev–Trinajstić information content (AvgIpc) is 2.90. The number of ketones is 1. The Kier molecular flexibility index (Phi) is 4.90. The number of benzene rings is 1. The summed E-state index contributed by atoms with van der Waals surface area (Å²) in [5.41, 5.74) is 7.47. The SMILES string of the molecule is NCCc1ccccc1C(=O)CCC1CCCO1. The van der Waals surface area contributed by atoms with Gasteiger partial charge in [0.2, 0.25) is 0 Å². The third-order valence-electron chi connectivity index (χ3n) is 3.45. The van der Waals surface area contributed by atoms with E-state index in [0.29, 0.717) is 13.0 Å². The van der Waals surface area contributed by atoms with Gasteiger partial charge in [-0.1, -0.05) is 24.3 Å². The highest BCUT2D eigenvalue weighted by atomic mass is 16.5. The lowest BCUT2D eigenvalue weighted by molar-refractivity contribution is 0.0859. The maximum atomic E-state index is 12.2. The van der Waals surface area contributed by atoms with Gasteiger partial charge < -0.3 is 10.5 Å². The van der Waals surface area contributed by atoms with Crippen LogP contribution in [0.4, 0.5) is 0 Å². The van der Waals surface area contributed by atoms with E-state index in [2.05, 4.69) is 0 Å². The summed E-state index contributed by atoms with van der Waals surface area (Å²) in [7, 11) is 0. The Morgan fingerprint density at radius 1 is 1.39 bits per heavy atom. The Morgan fingerprint density at radius 3 is 2.94 bits per heavy atom. The summed E-state index contributed by atoms with van der Waals surface area (Å²) in [6.07, 6.45) is 4.69. The van der Waals surface area contributed by atoms with E-state index in [9.17, 15) is 4.79 Å². The first-order valence-electron chi connectivity index (χ1n) is 6.74. The molecule has 1 unspecified atom stereocenters. The summed E-state index contributed by atoms with van der Waals surface area (Å²) in [5, 5.41) is 0. The van der Waals surface area contributed by atoms with Gasteiger partial charge in [0.15, 0.2) is 5.78 Å². The molecule has 0 aromatic heterocycles. The first-order valence-corrected chi connectivity index (χ1v) is 6.74. The predicted octanol–water partition coefficient (Wildman–Crippen LogP) is 2.33. The Labute approximate surface area is 108 Å². The van der Waals surface area contributed by atoms with Crippen LogP contribution in [0.25, 0.3) is 0 Å². The number of ether oxygens (including phenoxy) is 1. The molecule has 18 heavy (non-hydrogen) atoms. The Hall–Kier alpha value is -1.19. The highest BCUT2D eigenvalue weighted by molar-refractivity contribution is 5.97. The zero-order valence-corrected chi connectivity index (χ0v) is 10.7. The minimum atomic E-state index is 0.217. The van der Waals surface area contributed by atoms with Crippen molar-refractivity contribution in [1.29, 1.82) is 0 Å². The van der Waals surface area contributed by atoms with Crippen molar-refractivity contribution in [1.82, 2.24) is 0 Å². The van der Waals surface area contributed by atoms with Crippen LogP contribution in [0.2, 0.25) is 0 Å². The average molecular weight is 247 g/mol. The molecular formula is C15H21NO2. The zero-order chi connectivity index (χ0) is 12.8. The second-order valence-electron chi connectivity index (χ2n) is 4.79. The number of Topliss-reactive ketones (excluding diaryl/α,β-unsaturated/α-hetero) is 1. The largest absolute Gasteiger partial charge is 0.378 e. The highest BCUT2D eigenvalue weighted by Gasteiger charge is 2.18. The van der Waals surface area contributed by atoms with E-state index >= 15 is 0 Å². The molecule has 1 saturated heterocycles. The number of carbonyl (C=O) groups excluding carboxylic acids is 1. The number of nitrogens with two attached hydrogens (primary N) is 1. The van der Waals surface area contributed by atoms with Gasteiger partial charge in [-0.3, -0.25) is 4.79 Å². The summed E-state index contributed by atoms with van der Waals surface area (Å²) in [6.45, 7) is 1.43. The van der Waals surface area contributed by atoms with Gasteiger partial charge >= 0.3 is 0 Å². The standard InChI is InChI=1S/C15H21NO2/c16-10-9-12-4-1-2-6-14(12)15(17)8-7-13-5-3-11-18-13/h1-2,4,6,13H,3,5,7-11,16H2. The van der Waals surface area contributed by atoms with Gasteiger partial charge in [0.25, 0.3) is 0 Å². The molecule has 0 saturated carbocycles. The summed E-state index contributed by atoms with van der Waals surface area (Å²) < 4.78 is 5.54. The van der Waals surface area contributed by atoms with Crippen LogP contribution in [-0.2, 0) is 11.2 Å². The van der Waals surface area contributed by atoms with E-state index < -0.39 is 0 Å². The third kappa shape index (κ3) is 3.40. The van der Waals surface area contributed by atoms with Gasteiger partial charge in [-0.25, -0.2) is 0 Å². The van der Waals surface area contributed by atoms with E-state index in [1.807, 2.05) is 24.3 Å². The van der Waals surface area contributed by atoms with Crippen LogP contribution in [0.5, 0.6) is 0 Å². The second kappa shape index (κ2) is 6.66. The van der Waals surface area contributed by atoms with E-state index in [1.54, 1.807) is 0 Å². The molecule has 3 heteroatoms. The molecule has 1 atom stereocenters. The molecule has 98 valence electrons. The first-order chi connectivity index (χ1) is 8.81. The molecule has 0 spiro atoms. The normalized spacial score (nSPS) is 19.1. The van der Waals surface area contributed by atoms with Crippen LogP contribution >= 0.6 is 0 Å². The van der Waals surface area contributed by atoms with Crippen LogP contribution in [0, 0.1) is 0 Å². The highest BCUT2D eigenvalue weighted by Crippen LogP contribution is 2.19. The molecule has 1 aromatic rings. The number of hydrogen-bond donors (Lipinski definition) is 1. The zero-order valence-electron chi connectivity index (χ0n) is 10.7. The first kappa shape index (κ1) is 13.2. The second-order valence-corrected chi connectivity index (χ2v) is 4.79. The number of rotatable bonds is 6. The lowest BCUT2D eigenvalue weighted by Gasteiger charge is -2.10. The van der Waals surface area contributed by atoms with Gasteiger partial charge in [0.1, 0.15) is 0 Å². The Bertz CT molecular complexity index is 397. The van der Waals surface area contributed by atoms with Gasteiger partial charge in [-0.2, -0.15) is 0 Å². The summed E-state index contributed by atoms with van der Waals surface area (Å²) >= 11 is 0. The minimum absolute atomic E-state index is 0.217. The quantitative estimate of drug-likeness (QED) is 0.785. The van der Waals surface area contributed by atoms with E-state index in [-0.39, 0.29) is 11.9 Å². The van der Waals surface area contributed by atoms with Crippen LogP contribution in [0.3, 0.4) is 0 Å². The molecule has 0 amide bonds. The topological polar surface area (TPSA) is 52.3 Å². The van der Waals surface area contributed by atoms with Crippen molar-refractivity contribution < 1.29 is 9.53 Å². The molecule has 0 bridgehead atoms. The Morgan fingerprint density at radius 2 is 2.22 bits per heavy atom. The fourth-order valence-corrected chi connectivity index (χ4v) is 2.46. The van der Waals surface area contributed by atoms with Gasteiger partial charge in [0, 0.05) is 18.6 Å². The van der Waals surface area contributed by atoms with Gasteiger partial charge in [-0.05, 0) is 37.8 Å². The van der Waals surface area contributed by atoms with Crippen LogP contribution < -0.4 is 5.73 Å². The molecule has 3 nitrogen and oxygen atoms in total. The minimum Gasteiger partial charge on any atom is -0.378 e. The third-order valence-corrected chi connectivity index (χ3v) is 3.45. The van der Waals surface area contributed by atoms with Gasteiger partial charge in [-0.15, -0.1) is 0 Å². The van der Waals surface area contributed by atoms with Crippen LogP contribution in [0.1, 0.15) is 41.6 Å². The van der Waals surface area contributed by atoms with Gasteiger partial charge in [0.05, 0.1) is 6.10 Å². The molecule has 0 aliphatic carbocycles. The summed E-state index contributed by atoms with van der Waals surface area (Å²) in [6, 6.07) is 7.77. The van der Waals surface area contributed by atoms with Crippen molar-refractivity contribution in [2.75, 3.05) is 13.2 Å². The predicted molar refractivity (Wildman–Crippen MR) is 71.7 cm³/mol. The van der Waals surface area contributed by atoms with Crippen molar-refractivity contribution in [3.8, 4) is 0 Å². The molecule has 1 aromatic carbocycles. The molecule has 2 rings (SSSR count). The summed E-state index contributed by atoms with van der Waals surface area (Å²) in [4.78, 5) is 12.2. The molecule has 1 heterocycles. The van der Waals surface area contributed by atoms with Crippen molar-refractivity contribution in [3.63, 3.8) is 0 Å². The fraction of sp³-hybridized carbons (Fsp3) is 0.533. The monoisotopic (exact) mass is 247 g/mol. The van der Waals surface area contributed by atoms with Crippen molar-refractivity contribution in [2.45, 2.75) is 38.2 Å². The molecule has 2 N–H and O–H groups in total. The maximum Gasteiger partial charge on any atom is 0.163 e. The lowest BCUT2D eigenvalue weighted by atomic mass is 9.97. The fourth-order valence-electron chi connectivity index (χ4n) is 2.46.